The SMILES string of the molecule is CN1CCCC(N2CCCC(N)C2)CC1. The molecule has 0 bridgehead atoms. The van der Waals surface area contributed by atoms with Crippen molar-refractivity contribution in [3.05, 3.63) is 0 Å². The van der Waals surface area contributed by atoms with Crippen molar-refractivity contribution in [1.29, 1.82) is 0 Å². The topological polar surface area (TPSA) is 32.5 Å². The molecule has 0 amide bonds. The molecule has 2 rings (SSSR count). The predicted molar refractivity (Wildman–Crippen MR) is 63.9 cm³/mol. The summed E-state index contributed by atoms with van der Waals surface area (Å²) in [5, 5.41) is 0. The summed E-state index contributed by atoms with van der Waals surface area (Å²) in [5.74, 6) is 0. The largest absolute Gasteiger partial charge is 0.327 e. The summed E-state index contributed by atoms with van der Waals surface area (Å²) in [4.78, 5) is 5.11. The van der Waals surface area contributed by atoms with Crippen LogP contribution in [0.4, 0.5) is 0 Å². The zero-order chi connectivity index (χ0) is 10.7. The highest BCUT2D eigenvalue weighted by atomic mass is 15.2. The maximum Gasteiger partial charge on any atom is 0.0168 e. The van der Waals surface area contributed by atoms with Gasteiger partial charge in [0.1, 0.15) is 0 Å². The molecule has 3 nitrogen and oxygen atoms in total. The molecule has 0 aliphatic carbocycles. The number of nitrogens with two attached hydrogens (primary N) is 1. The molecule has 0 spiro atoms. The van der Waals surface area contributed by atoms with Crippen molar-refractivity contribution in [2.24, 2.45) is 5.73 Å². The highest BCUT2D eigenvalue weighted by Gasteiger charge is 2.25. The summed E-state index contributed by atoms with van der Waals surface area (Å²) in [6.45, 7) is 4.95. The Labute approximate surface area is 93.6 Å². The van der Waals surface area contributed by atoms with E-state index in [0.717, 1.165) is 12.6 Å². The third-order valence-electron chi connectivity index (χ3n) is 3.93. The van der Waals surface area contributed by atoms with Crippen molar-refractivity contribution >= 4 is 0 Å². The van der Waals surface area contributed by atoms with Crippen LogP contribution in [0.3, 0.4) is 0 Å². The molecule has 2 N–H and O–H groups in total. The van der Waals surface area contributed by atoms with Gasteiger partial charge in [-0.2, -0.15) is 0 Å². The first-order valence-electron chi connectivity index (χ1n) is 6.44. The molecule has 3 heteroatoms. The van der Waals surface area contributed by atoms with Gasteiger partial charge in [-0.15, -0.1) is 0 Å². The van der Waals surface area contributed by atoms with E-state index < -0.39 is 0 Å². The molecule has 15 heavy (non-hydrogen) atoms. The van der Waals surface area contributed by atoms with Crippen LogP contribution in [0.25, 0.3) is 0 Å². The van der Waals surface area contributed by atoms with Gasteiger partial charge in [0.2, 0.25) is 0 Å². The molecule has 0 aromatic carbocycles. The fraction of sp³-hybridized carbons (Fsp3) is 1.00. The quantitative estimate of drug-likeness (QED) is 0.699. The number of hydrogen-bond donors (Lipinski definition) is 1. The van der Waals surface area contributed by atoms with Crippen molar-refractivity contribution in [3.8, 4) is 0 Å². The third kappa shape index (κ3) is 3.16. The standard InChI is InChI=1S/C12H25N3/c1-14-7-3-5-12(6-9-14)15-8-2-4-11(13)10-15/h11-12H,2-10,13H2,1H3. The third-order valence-corrected chi connectivity index (χ3v) is 3.93. The van der Waals surface area contributed by atoms with Crippen molar-refractivity contribution in [1.82, 2.24) is 9.80 Å². The van der Waals surface area contributed by atoms with Crippen LogP contribution in [0.15, 0.2) is 0 Å². The summed E-state index contributed by atoms with van der Waals surface area (Å²) in [6.07, 6.45) is 6.59. The van der Waals surface area contributed by atoms with Gasteiger partial charge in [-0.1, -0.05) is 0 Å². The summed E-state index contributed by atoms with van der Waals surface area (Å²) in [6, 6.07) is 1.24. The van der Waals surface area contributed by atoms with Gasteiger partial charge in [-0.25, -0.2) is 0 Å². The molecule has 0 aromatic heterocycles. The van der Waals surface area contributed by atoms with Gasteiger partial charge in [0.15, 0.2) is 0 Å². The Morgan fingerprint density at radius 1 is 1.00 bits per heavy atom. The lowest BCUT2D eigenvalue weighted by atomic mass is 10.0. The van der Waals surface area contributed by atoms with Crippen LogP contribution in [0, 0.1) is 0 Å². The van der Waals surface area contributed by atoms with E-state index in [1.807, 2.05) is 0 Å². The summed E-state index contributed by atoms with van der Waals surface area (Å²) < 4.78 is 0. The summed E-state index contributed by atoms with van der Waals surface area (Å²) in [7, 11) is 2.24. The molecule has 2 unspecified atom stereocenters. The lowest BCUT2D eigenvalue weighted by molar-refractivity contribution is 0.136. The first-order chi connectivity index (χ1) is 7.25. The molecule has 2 heterocycles. The van der Waals surface area contributed by atoms with Crippen LogP contribution >= 0.6 is 0 Å². The second-order valence-corrected chi connectivity index (χ2v) is 5.29. The second-order valence-electron chi connectivity index (χ2n) is 5.29. The zero-order valence-electron chi connectivity index (χ0n) is 9.99. The molecule has 0 aromatic rings. The van der Waals surface area contributed by atoms with Gasteiger partial charge in [-0.05, 0) is 58.8 Å². The first kappa shape index (κ1) is 11.4. The van der Waals surface area contributed by atoms with Crippen LogP contribution < -0.4 is 5.73 Å². The Morgan fingerprint density at radius 2 is 1.80 bits per heavy atom. The van der Waals surface area contributed by atoms with Crippen molar-refractivity contribution in [2.45, 2.75) is 44.2 Å². The number of likely N-dealkylation sites (tertiary alicyclic amines) is 2. The molecular weight excluding hydrogens is 186 g/mol. The fourth-order valence-electron chi connectivity index (χ4n) is 2.96. The van der Waals surface area contributed by atoms with E-state index in [1.165, 1.54) is 51.7 Å². The molecular formula is C12H25N3. The van der Waals surface area contributed by atoms with E-state index in [4.69, 9.17) is 5.73 Å². The lowest BCUT2D eigenvalue weighted by Crippen LogP contribution is -2.47. The monoisotopic (exact) mass is 211 g/mol. The molecule has 2 aliphatic rings. The van der Waals surface area contributed by atoms with Gasteiger partial charge in [0, 0.05) is 18.6 Å². The Kier molecular flexibility index (Phi) is 4.00. The molecule has 0 saturated carbocycles. The van der Waals surface area contributed by atoms with Gasteiger partial charge in [0.05, 0.1) is 0 Å². The van der Waals surface area contributed by atoms with E-state index in [2.05, 4.69) is 16.8 Å². The van der Waals surface area contributed by atoms with Gasteiger partial charge < -0.3 is 10.6 Å². The fourth-order valence-corrected chi connectivity index (χ4v) is 2.96. The number of piperidine rings is 1. The number of nitrogens with zero attached hydrogens (tertiary/aromatic N) is 2. The molecule has 2 fully saturated rings. The van der Waals surface area contributed by atoms with E-state index in [0.29, 0.717) is 6.04 Å². The van der Waals surface area contributed by atoms with E-state index in [1.54, 1.807) is 0 Å². The number of hydrogen-bond acceptors (Lipinski definition) is 3. The molecule has 0 radical (unpaired) electrons. The van der Waals surface area contributed by atoms with Crippen LogP contribution in [-0.2, 0) is 0 Å². The van der Waals surface area contributed by atoms with Crippen LogP contribution in [0.5, 0.6) is 0 Å². The minimum absolute atomic E-state index is 0.430. The molecule has 2 saturated heterocycles. The summed E-state index contributed by atoms with van der Waals surface area (Å²) >= 11 is 0. The maximum absolute atomic E-state index is 6.05. The van der Waals surface area contributed by atoms with Crippen molar-refractivity contribution < 1.29 is 0 Å². The average Bonchev–Trinajstić information content (AvgIpc) is 2.43. The van der Waals surface area contributed by atoms with E-state index >= 15 is 0 Å². The Morgan fingerprint density at radius 3 is 2.60 bits per heavy atom. The van der Waals surface area contributed by atoms with Gasteiger partial charge >= 0.3 is 0 Å². The van der Waals surface area contributed by atoms with E-state index in [-0.39, 0.29) is 0 Å². The first-order valence-corrected chi connectivity index (χ1v) is 6.44. The molecule has 88 valence electrons. The molecule has 2 aliphatic heterocycles. The minimum atomic E-state index is 0.430. The van der Waals surface area contributed by atoms with Gasteiger partial charge in [0.25, 0.3) is 0 Å². The highest BCUT2D eigenvalue weighted by Crippen LogP contribution is 2.20. The number of rotatable bonds is 1. The smallest absolute Gasteiger partial charge is 0.0168 e. The Hall–Kier alpha value is -0.120. The van der Waals surface area contributed by atoms with Crippen LogP contribution in [-0.4, -0.2) is 55.1 Å². The second kappa shape index (κ2) is 5.28. The maximum atomic E-state index is 6.05. The predicted octanol–water partition coefficient (Wildman–Crippen LogP) is 0.894. The average molecular weight is 211 g/mol. The minimum Gasteiger partial charge on any atom is -0.327 e. The van der Waals surface area contributed by atoms with Crippen molar-refractivity contribution in [3.63, 3.8) is 0 Å². The normalized spacial score (nSPS) is 36.4. The van der Waals surface area contributed by atoms with Crippen LogP contribution in [0.2, 0.25) is 0 Å². The Balaban J connectivity index is 1.85. The van der Waals surface area contributed by atoms with E-state index in [9.17, 15) is 0 Å². The Bertz CT molecular complexity index is 195. The van der Waals surface area contributed by atoms with Crippen LogP contribution in [0.1, 0.15) is 32.1 Å². The van der Waals surface area contributed by atoms with Gasteiger partial charge in [-0.3, -0.25) is 4.90 Å². The zero-order valence-corrected chi connectivity index (χ0v) is 9.99. The summed E-state index contributed by atoms with van der Waals surface area (Å²) in [5.41, 5.74) is 6.05. The molecule has 2 atom stereocenters. The lowest BCUT2D eigenvalue weighted by Gasteiger charge is -2.36. The highest BCUT2D eigenvalue weighted by molar-refractivity contribution is 4.82. The van der Waals surface area contributed by atoms with Crippen molar-refractivity contribution in [2.75, 3.05) is 33.2 Å².